The van der Waals surface area contributed by atoms with E-state index in [4.69, 9.17) is 0 Å². The van der Waals surface area contributed by atoms with Crippen LogP contribution >= 0.6 is 0 Å². The number of rotatable bonds is 6. The van der Waals surface area contributed by atoms with Crippen molar-refractivity contribution in [3.63, 3.8) is 0 Å². The van der Waals surface area contributed by atoms with E-state index in [2.05, 4.69) is 22.8 Å². The summed E-state index contributed by atoms with van der Waals surface area (Å²) in [6.45, 7) is 0.518. The summed E-state index contributed by atoms with van der Waals surface area (Å²) in [5.41, 5.74) is 2.13. The molecule has 0 bridgehead atoms. The molecule has 1 fully saturated rings. The molecule has 30 heavy (non-hydrogen) atoms. The van der Waals surface area contributed by atoms with Gasteiger partial charge < -0.3 is 15.5 Å². The molecule has 0 saturated carbocycles. The van der Waals surface area contributed by atoms with Crippen LogP contribution in [0.1, 0.15) is 12.0 Å². The Labute approximate surface area is 175 Å². The molecule has 4 amide bonds. The van der Waals surface area contributed by atoms with Crippen molar-refractivity contribution in [1.82, 2.24) is 15.5 Å². The number of aryl methyl sites for hydroxylation is 1. The highest BCUT2D eigenvalue weighted by Crippen LogP contribution is 2.29. The molecule has 154 valence electrons. The minimum Gasteiger partial charge on any atom is -0.366 e. The van der Waals surface area contributed by atoms with Crippen molar-refractivity contribution in [3.8, 4) is 0 Å². The number of para-hydroxylation sites is 1. The lowest BCUT2D eigenvalue weighted by Crippen LogP contribution is -2.65. The molecular formula is C23H24N4O3. The molecule has 2 aromatic carbocycles. The molecule has 2 aliphatic rings. The maximum absolute atomic E-state index is 13.1. The third-order valence-electron chi connectivity index (χ3n) is 5.43. The predicted molar refractivity (Wildman–Crippen MR) is 114 cm³/mol. The largest absolute Gasteiger partial charge is 0.366 e. The van der Waals surface area contributed by atoms with Crippen molar-refractivity contribution in [2.75, 3.05) is 18.5 Å². The smallest absolute Gasteiger partial charge is 0.329 e. The van der Waals surface area contributed by atoms with Gasteiger partial charge >= 0.3 is 6.03 Å². The molecule has 4 rings (SSSR count). The number of hydrogen-bond donors (Lipinski definition) is 2. The summed E-state index contributed by atoms with van der Waals surface area (Å²) in [5.74, 6) is -0.607. The molecular weight excluding hydrogens is 380 g/mol. The van der Waals surface area contributed by atoms with Crippen molar-refractivity contribution < 1.29 is 14.4 Å². The lowest BCUT2D eigenvalue weighted by molar-refractivity contribution is -0.122. The highest BCUT2D eigenvalue weighted by molar-refractivity contribution is 6.19. The normalized spacial score (nSPS) is 20.5. The Morgan fingerprint density at radius 3 is 2.40 bits per heavy atom. The number of benzene rings is 2. The second-order valence-corrected chi connectivity index (χ2v) is 7.48. The number of urea groups is 1. The van der Waals surface area contributed by atoms with Crippen LogP contribution in [-0.2, 0) is 16.0 Å². The Balaban J connectivity index is 1.39. The number of nitrogens with one attached hydrogen (secondary N) is 2. The summed E-state index contributed by atoms with van der Waals surface area (Å²) < 4.78 is 0. The number of hydrogen-bond acceptors (Lipinski definition) is 4. The van der Waals surface area contributed by atoms with Gasteiger partial charge in [0, 0.05) is 19.8 Å². The number of likely N-dealkylation sites (N-methyl/N-ethyl adjacent to an activating group) is 1. The summed E-state index contributed by atoms with van der Waals surface area (Å²) in [6, 6.07) is 17.0. The van der Waals surface area contributed by atoms with Gasteiger partial charge in [0.15, 0.2) is 0 Å². The summed E-state index contributed by atoms with van der Waals surface area (Å²) in [7, 11) is 1.74. The second-order valence-electron chi connectivity index (χ2n) is 7.48. The summed E-state index contributed by atoms with van der Waals surface area (Å²) in [4.78, 5) is 41.3. The van der Waals surface area contributed by atoms with Gasteiger partial charge in [0.2, 0.25) is 0 Å². The van der Waals surface area contributed by atoms with Crippen molar-refractivity contribution in [2.45, 2.75) is 24.9 Å². The van der Waals surface area contributed by atoms with E-state index in [1.807, 2.05) is 24.3 Å². The average Bonchev–Trinajstić information content (AvgIpc) is 3.09. The molecule has 2 heterocycles. The quantitative estimate of drug-likeness (QED) is 0.722. The Kier molecular flexibility index (Phi) is 5.52. The van der Waals surface area contributed by atoms with Gasteiger partial charge in [-0.2, -0.15) is 0 Å². The average molecular weight is 404 g/mol. The van der Waals surface area contributed by atoms with Crippen LogP contribution < -0.4 is 15.5 Å². The highest BCUT2D eigenvalue weighted by atomic mass is 16.2. The standard InChI is InChI=1S/C23H24N4O3/c1-26-15-18(21(28)24-14-8-11-16-9-4-2-5-10-16)19-20(26)22(29)27(23(30)25-19)17-12-6-3-7-13-17/h2-7,9-10,12-13,15,19-20H,8,11,14H2,1H3,(H,24,28)(H,25,30). The Hall–Kier alpha value is -3.61. The fourth-order valence-corrected chi connectivity index (χ4v) is 3.95. The minimum atomic E-state index is -0.663. The van der Waals surface area contributed by atoms with Gasteiger partial charge in [0.25, 0.3) is 11.8 Å². The number of imide groups is 1. The number of fused-ring (bicyclic) bond motifs is 1. The van der Waals surface area contributed by atoms with Gasteiger partial charge in [-0.3, -0.25) is 9.59 Å². The Morgan fingerprint density at radius 2 is 1.70 bits per heavy atom. The molecule has 0 radical (unpaired) electrons. The molecule has 7 nitrogen and oxygen atoms in total. The van der Waals surface area contributed by atoms with Crippen molar-refractivity contribution >= 4 is 23.5 Å². The van der Waals surface area contributed by atoms with Crippen LogP contribution in [0.15, 0.2) is 72.4 Å². The zero-order chi connectivity index (χ0) is 21.1. The SMILES string of the molecule is CN1C=C(C(=O)NCCCc2ccccc2)C2NC(=O)N(c3ccccc3)C(=O)C21. The van der Waals surface area contributed by atoms with Crippen LogP contribution in [0.2, 0.25) is 0 Å². The van der Waals surface area contributed by atoms with Crippen molar-refractivity contribution in [2.24, 2.45) is 0 Å². The molecule has 0 aliphatic carbocycles. The first-order valence-corrected chi connectivity index (χ1v) is 10.0. The van der Waals surface area contributed by atoms with E-state index in [1.54, 1.807) is 42.4 Å². The number of carbonyl (C=O) groups excluding carboxylic acids is 3. The third-order valence-corrected chi connectivity index (χ3v) is 5.43. The van der Waals surface area contributed by atoms with Gasteiger partial charge in [0.05, 0.1) is 17.3 Å². The summed E-state index contributed by atoms with van der Waals surface area (Å²) >= 11 is 0. The van der Waals surface area contributed by atoms with Crippen LogP contribution in [-0.4, -0.2) is 48.4 Å². The van der Waals surface area contributed by atoms with E-state index in [1.165, 1.54) is 5.56 Å². The fraction of sp³-hybridized carbons (Fsp3) is 0.261. The van der Waals surface area contributed by atoms with Crippen LogP contribution in [0.5, 0.6) is 0 Å². The van der Waals surface area contributed by atoms with Gasteiger partial charge in [-0.1, -0.05) is 48.5 Å². The number of amides is 4. The first-order valence-electron chi connectivity index (χ1n) is 10.0. The van der Waals surface area contributed by atoms with E-state index in [-0.39, 0.29) is 11.8 Å². The third kappa shape index (κ3) is 3.78. The molecule has 2 atom stereocenters. The second kappa shape index (κ2) is 8.41. The zero-order valence-corrected chi connectivity index (χ0v) is 16.7. The maximum Gasteiger partial charge on any atom is 0.329 e. The van der Waals surface area contributed by atoms with Gasteiger partial charge in [-0.15, -0.1) is 0 Å². The number of nitrogens with zero attached hydrogens (tertiary/aromatic N) is 2. The van der Waals surface area contributed by atoms with Crippen LogP contribution in [0.4, 0.5) is 10.5 Å². The first kappa shape index (κ1) is 19.7. The molecule has 2 unspecified atom stereocenters. The van der Waals surface area contributed by atoms with E-state index < -0.39 is 18.1 Å². The van der Waals surface area contributed by atoms with Crippen molar-refractivity contribution in [1.29, 1.82) is 0 Å². The Morgan fingerprint density at radius 1 is 1.03 bits per heavy atom. The first-order chi connectivity index (χ1) is 14.6. The molecule has 0 spiro atoms. The highest BCUT2D eigenvalue weighted by Gasteiger charge is 2.49. The number of anilines is 1. The summed E-state index contributed by atoms with van der Waals surface area (Å²) in [6.07, 6.45) is 3.32. The van der Waals surface area contributed by atoms with Gasteiger partial charge in [-0.25, -0.2) is 9.69 Å². The Bertz CT molecular complexity index is 974. The van der Waals surface area contributed by atoms with Gasteiger partial charge in [-0.05, 0) is 30.5 Å². The molecule has 1 saturated heterocycles. The maximum atomic E-state index is 13.1. The molecule has 2 aromatic rings. The van der Waals surface area contributed by atoms with Crippen LogP contribution in [0, 0.1) is 0 Å². The van der Waals surface area contributed by atoms with E-state index in [0.29, 0.717) is 17.8 Å². The molecule has 0 aromatic heterocycles. The van der Waals surface area contributed by atoms with Crippen molar-refractivity contribution in [3.05, 3.63) is 78.0 Å². The lowest BCUT2D eigenvalue weighted by atomic mass is 9.99. The molecule has 2 aliphatic heterocycles. The van der Waals surface area contributed by atoms with Gasteiger partial charge in [0.1, 0.15) is 6.04 Å². The van der Waals surface area contributed by atoms with E-state index in [0.717, 1.165) is 17.7 Å². The van der Waals surface area contributed by atoms with Crippen LogP contribution in [0.25, 0.3) is 0 Å². The predicted octanol–water partition coefficient (Wildman–Crippen LogP) is 2.06. The lowest BCUT2D eigenvalue weighted by Gasteiger charge is -2.37. The van der Waals surface area contributed by atoms with Crippen LogP contribution in [0.3, 0.4) is 0 Å². The zero-order valence-electron chi connectivity index (χ0n) is 16.7. The fourth-order valence-electron chi connectivity index (χ4n) is 3.95. The topological polar surface area (TPSA) is 81.8 Å². The molecule has 2 N–H and O–H groups in total. The van der Waals surface area contributed by atoms with E-state index >= 15 is 0 Å². The number of carbonyl (C=O) groups is 3. The summed E-state index contributed by atoms with van der Waals surface area (Å²) in [5, 5.41) is 5.74. The van der Waals surface area contributed by atoms with E-state index in [9.17, 15) is 14.4 Å². The minimum absolute atomic E-state index is 0.260. The monoisotopic (exact) mass is 404 g/mol. The molecule has 7 heteroatoms.